The molecule has 0 bridgehead atoms. The summed E-state index contributed by atoms with van der Waals surface area (Å²) >= 11 is 5.89. The second kappa shape index (κ2) is 10.4. The SMILES string of the molecule is COc1cc(OC)cc(C(=O)NNC(=O)c2ccccc2OCc2ccc(Cl)cc2)c1. The summed E-state index contributed by atoms with van der Waals surface area (Å²) in [5.41, 5.74) is 6.24. The molecule has 0 aromatic heterocycles. The van der Waals surface area contributed by atoms with Crippen molar-refractivity contribution in [3.63, 3.8) is 0 Å². The lowest BCUT2D eigenvalue weighted by atomic mass is 10.2. The van der Waals surface area contributed by atoms with Crippen LogP contribution in [0.25, 0.3) is 0 Å². The zero-order chi connectivity index (χ0) is 22.2. The molecule has 0 aliphatic heterocycles. The largest absolute Gasteiger partial charge is 0.497 e. The third-order valence-corrected chi connectivity index (χ3v) is 4.59. The third-order valence-electron chi connectivity index (χ3n) is 4.34. The molecule has 3 aromatic rings. The average Bonchev–Trinajstić information content (AvgIpc) is 2.81. The number of hydrazine groups is 1. The molecule has 31 heavy (non-hydrogen) atoms. The van der Waals surface area contributed by atoms with Gasteiger partial charge in [-0.2, -0.15) is 0 Å². The van der Waals surface area contributed by atoms with Gasteiger partial charge in [0, 0.05) is 16.7 Å². The van der Waals surface area contributed by atoms with Gasteiger partial charge in [-0.3, -0.25) is 20.4 Å². The van der Waals surface area contributed by atoms with E-state index >= 15 is 0 Å². The van der Waals surface area contributed by atoms with Crippen molar-refractivity contribution in [1.29, 1.82) is 0 Å². The van der Waals surface area contributed by atoms with E-state index in [1.165, 1.54) is 26.4 Å². The number of nitrogens with one attached hydrogen (secondary N) is 2. The Hall–Kier alpha value is -3.71. The fourth-order valence-corrected chi connectivity index (χ4v) is 2.84. The molecule has 7 nitrogen and oxygen atoms in total. The number of hydrogen-bond acceptors (Lipinski definition) is 5. The zero-order valence-corrected chi connectivity index (χ0v) is 17.7. The van der Waals surface area contributed by atoms with Crippen molar-refractivity contribution < 1.29 is 23.8 Å². The molecule has 0 saturated heterocycles. The smallest absolute Gasteiger partial charge is 0.273 e. The number of halogens is 1. The van der Waals surface area contributed by atoms with Gasteiger partial charge in [0.25, 0.3) is 11.8 Å². The molecule has 0 fully saturated rings. The van der Waals surface area contributed by atoms with Crippen LogP contribution in [0.1, 0.15) is 26.3 Å². The van der Waals surface area contributed by atoms with Crippen LogP contribution in [0.15, 0.2) is 66.7 Å². The minimum atomic E-state index is -0.523. The number of amides is 2. The van der Waals surface area contributed by atoms with Crippen molar-refractivity contribution in [2.75, 3.05) is 14.2 Å². The normalized spacial score (nSPS) is 10.2. The molecule has 0 unspecified atom stereocenters. The van der Waals surface area contributed by atoms with Gasteiger partial charge in [0.1, 0.15) is 23.9 Å². The second-order valence-electron chi connectivity index (χ2n) is 6.42. The van der Waals surface area contributed by atoms with E-state index in [1.54, 1.807) is 42.5 Å². The quantitative estimate of drug-likeness (QED) is 0.542. The van der Waals surface area contributed by atoms with Gasteiger partial charge < -0.3 is 14.2 Å². The van der Waals surface area contributed by atoms with Crippen molar-refractivity contribution in [2.45, 2.75) is 6.61 Å². The van der Waals surface area contributed by atoms with Gasteiger partial charge in [-0.15, -0.1) is 0 Å². The minimum Gasteiger partial charge on any atom is -0.497 e. The molecule has 0 atom stereocenters. The van der Waals surface area contributed by atoms with Crippen LogP contribution in [0.5, 0.6) is 17.2 Å². The lowest BCUT2D eigenvalue weighted by molar-refractivity contribution is 0.0844. The van der Waals surface area contributed by atoms with E-state index in [-0.39, 0.29) is 17.7 Å². The Kier molecular flexibility index (Phi) is 7.35. The average molecular weight is 441 g/mol. The van der Waals surface area contributed by atoms with Crippen LogP contribution in [0, 0.1) is 0 Å². The predicted octanol–water partition coefficient (Wildman–Crippen LogP) is 4.01. The molecule has 0 radical (unpaired) electrons. The van der Waals surface area contributed by atoms with Gasteiger partial charge in [0.05, 0.1) is 19.8 Å². The monoisotopic (exact) mass is 440 g/mol. The summed E-state index contributed by atoms with van der Waals surface area (Å²) < 4.78 is 16.1. The third kappa shape index (κ3) is 5.90. The highest BCUT2D eigenvalue weighted by Crippen LogP contribution is 2.23. The van der Waals surface area contributed by atoms with Crippen molar-refractivity contribution in [3.8, 4) is 17.2 Å². The summed E-state index contributed by atoms with van der Waals surface area (Å²) in [5.74, 6) is 0.251. The fraction of sp³-hybridized carbons (Fsp3) is 0.130. The molecular weight excluding hydrogens is 420 g/mol. The molecule has 3 aromatic carbocycles. The Bertz CT molecular complexity index is 1050. The summed E-state index contributed by atoms with van der Waals surface area (Å²) in [4.78, 5) is 25.1. The number of rotatable bonds is 7. The topological polar surface area (TPSA) is 85.9 Å². The van der Waals surface area contributed by atoms with Crippen LogP contribution in [-0.2, 0) is 6.61 Å². The molecule has 160 valence electrons. The first kappa shape index (κ1) is 22.0. The zero-order valence-electron chi connectivity index (χ0n) is 17.0. The van der Waals surface area contributed by atoms with E-state index in [1.807, 2.05) is 12.1 Å². The standard InChI is InChI=1S/C23H21ClN2O5/c1-29-18-11-16(12-19(13-18)30-2)22(27)25-26-23(28)20-5-3-4-6-21(20)31-14-15-7-9-17(24)10-8-15/h3-13H,14H2,1-2H3,(H,25,27)(H,26,28). The molecule has 2 amide bonds. The number of benzene rings is 3. The predicted molar refractivity (Wildman–Crippen MR) is 117 cm³/mol. The highest BCUT2D eigenvalue weighted by Gasteiger charge is 2.15. The van der Waals surface area contributed by atoms with E-state index in [2.05, 4.69) is 10.9 Å². The maximum Gasteiger partial charge on any atom is 0.273 e. The molecule has 0 aliphatic carbocycles. The Morgan fingerprint density at radius 2 is 1.45 bits per heavy atom. The highest BCUT2D eigenvalue weighted by molar-refractivity contribution is 6.30. The fourth-order valence-electron chi connectivity index (χ4n) is 2.71. The van der Waals surface area contributed by atoms with Gasteiger partial charge in [0.2, 0.25) is 0 Å². The molecule has 3 rings (SSSR count). The molecular formula is C23H21ClN2O5. The van der Waals surface area contributed by atoms with Gasteiger partial charge in [-0.05, 0) is 42.0 Å². The molecule has 0 saturated carbocycles. The summed E-state index contributed by atoms with van der Waals surface area (Å²) in [5, 5.41) is 0.632. The molecule has 0 spiro atoms. The van der Waals surface area contributed by atoms with E-state index in [9.17, 15) is 9.59 Å². The Morgan fingerprint density at radius 1 is 0.839 bits per heavy atom. The van der Waals surface area contributed by atoms with Gasteiger partial charge >= 0.3 is 0 Å². The van der Waals surface area contributed by atoms with Crippen LogP contribution in [0.2, 0.25) is 5.02 Å². The molecule has 0 aliphatic rings. The van der Waals surface area contributed by atoms with Crippen LogP contribution in [-0.4, -0.2) is 26.0 Å². The van der Waals surface area contributed by atoms with Crippen molar-refractivity contribution >= 4 is 23.4 Å². The van der Waals surface area contributed by atoms with Crippen LogP contribution < -0.4 is 25.1 Å². The number of ether oxygens (including phenoxy) is 3. The molecule has 0 heterocycles. The Balaban J connectivity index is 1.65. The first-order valence-electron chi connectivity index (χ1n) is 9.30. The lowest BCUT2D eigenvalue weighted by Gasteiger charge is -2.13. The van der Waals surface area contributed by atoms with Crippen LogP contribution >= 0.6 is 11.6 Å². The summed E-state index contributed by atoms with van der Waals surface area (Å²) in [7, 11) is 2.97. The van der Waals surface area contributed by atoms with E-state index in [0.717, 1.165) is 5.56 Å². The van der Waals surface area contributed by atoms with Crippen molar-refractivity contribution in [1.82, 2.24) is 10.9 Å². The Labute approximate surface area is 184 Å². The second-order valence-corrected chi connectivity index (χ2v) is 6.86. The number of methoxy groups -OCH3 is 2. The number of hydrogen-bond donors (Lipinski definition) is 2. The van der Waals surface area contributed by atoms with Gasteiger partial charge in [0.15, 0.2) is 0 Å². The molecule has 2 N–H and O–H groups in total. The summed E-state index contributed by atoms with van der Waals surface area (Å²) in [6.07, 6.45) is 0. The maximum absolute atomic E-state index is 12.6. The number of carbonyl (C=O) groups is 2. The summed E-state index contributed by atoms with van der Waals surface area (Å²) in [6, 6.07) is 18.7. The summed E-state index contributed by atoms with van der Waals surface area (Å²) in [6.45, 7) is 0.261. The Morgan fingerprint density at radius 3 is 2.10 bits per heavy atom. The van der Waals surface area contributed by atoms with Crippen molar-refractivity contribution in [3.05, 3.63) is 88.4 Å². The van der Waals surface area contributed by atoms with Crippen LogP contribution in [0.3, 0.4) is 0 Å². The lowest BCUT2D eigenvalue weighted by Crippen LogP contribution is -2.41. The first-order chi connectivity index (χ1) is 15.0. The number of carbonyl (C=O) groups excluding carboxylic acids is 2. The van der Waals surface area contributed by atoms with E-state index in [4.69, 9.17) is 25.8 Å². The van der Waals surface area contributed by atoms with E-state index in [0.29, 0.717) is 22.3 Å². The van der Waals surface area contributed by atoms with Gasteiger partial charge in [-0.1, -0.05) is 35.9 Å². The first-order valence-corrected chi connectivity index (χ1v) is 9.68. The number of para-hydroxylation sites is 1. The minimum absolute atomic E-state index is 0.261. The molecule has 8 heteroatoms. The maximum atomic E-state index is 12.6. The van der Waals surface area contributed by atoms with Crippen molar-refractivity contribution in [2.24, 2.45) is 0 Å². The van der Waals surface area contributed by atoms with E-state index < -0.39 is 11.8 Å². The van der Waals surface area contributed by atoms with Crippen LogP contribution in [0.4, 0.5) is 0 Å². The highest BCUT2D eigenvalue weighted by atomic mass is 35.5. The van der Waals surface area contributed by atoms with Gasteiger partial charge in [-0.25, -0.2) is 0 Å².